The normalized spacial score (nSPS) is 8.63. The number of aryl methyl sites for hydroxylation is 2. The summed E-state index contributed by atoms with van der Waals surface area (Å²) in [5.41, 5.74) is 2.91. The van der Waals surface area contributed by atoms with E-state index in [1.54, 1.807) is 0 Å². The first-order valence-corrected chi connectivity index (χ1v) is 6.03. The van der Waals surface area contributed by atoms with Gasteiger partial charge in [0.25, 0.3) is 0 Å². The van der Waals surface area contributed by atoms with Crippen LogP contribution in [0.4, 0.5) is 0 Å². The molecule has 0 aliphatic carbocycles. The topological polar surface area (TPSA) is 0 Å². The zero-order valence-corrected chi connectivity index (χ0v) is 16.0. The van der Waals surface area contributed by atoms with Crippen LogP contribution < -0.4 is 24.8 Å². The number of rotatable bonds is 5. The maximum atomic E-state index is 2.21. The molecule has 2 aromatic rings. The van der Waals surface area contributed by atoms with Crippen LogP contribution in [0.25, 0.3) is 0 Å². The predicted octanol–water partition coefficient (Wildman–Crippen LogP) is -1.74. The Morgan fingerprint density at radius 2 is 0.842 bits per heavy atom. The fraction of sp³-hybridized carbons (Fsp3) is 0.250. The van der Waals surface area contributed by atoms with Crippen LogP contribution in [-0.2, 0) is 38.7 Å². The van der Waals surface area contributed by atoms with Crippen molar-refractivity contribution in [2.24, 2.45) is 0 Å². The van der Waals surface area contributed by atoms with Gasteiger partial charge in [-0.3, -0.25) is 0 Å². The summed E-state index contributed by atoms with van der Waals surface area (Å²) in [6.45, 7) is 0. The summed E-state index contributed by atoms with van der Waals surface area (Å²) in [7, 11) is 0. The van der Waals surface area contributed by atoms with Crippen LogP contribution in [-0.4, -0.2) is 0 Å². The molecule has 0 N–H and O–H groups in total. The molecule has 0 heterocycles. The molecule has 0 bridgehead atoms. The van der Waals surface area contributed by atoms with Crippen molar-refractivity contribution in [2.75, 3.05) is 0 Å². The molecular formula is C16H18Cl2Hf-2. The standard InChI is InChI=1S/C16H18.2ClH.Hf/c1-3-9-15(10-4-1)13-7-8-14-16-11-5-2-6-12-16;;;/h1-6,9-12H,7-8,13-14H2;2*1H;/p-2. The van der Waals surface area contributed by atoms with Crippen LogP contribution in [0.1, 0.15) is 24.0 Å². The largest absolute Gasteiger partial charge is 1.00 e. The van der Waals surface area contributed by atoms with Crippen molar-refractivity contribution in [3.63, 3.8) is 0 Å². The Morgan fingerprint density at radius 3 is 1.16 bits per heavy atom. The fourth-order valence-corrected chi connectivity index (χ4v) is 1.95. The van der Waals surface area contributed by atoms with Crippen molar-refractivity contribution >= 4 is 0 Å². The van der Waals surface area contributed by atoms with E-state index in [0.717, 1.165) is 0 Å². The van der Waals surface area contributed by atoms with Gasteiger partial charge in [-0.1, -0.05) is 60.7 Å². The van der Waals surface area contributed by atoms with Gasteiger partial charge < -0.3 is 24.8 Å². The molecule has 2 rings (SSSR count). The van der Waals surface area contributed by atoms with Crippen LogP contribution in [0, 0.1) is 0 Å². The zero-order valence-electron chi connectivity index (χ0n) is 10.9. The van der Waals surface area contributed by atoms with Gasteiger partial charge in [0.1, 0.15) is 0 Å². The summed E-state index contributed by atoms with van der Waals surface area (Å²) in [4.78, 5) is 0. The van der Waals surface area contributed by atoms with E-state index in [2.05, 4.69) is 60.7 Å². The first-order chi connectivity index (χ1) is 7.95. The van der Waals surface area contributed by atoms with Crippen LogP contribution in [0.5, 0.6) is 0 Å². The molecular weight excluding hydrogens is 442 g/mol. The minimum Gasteiger partial charge on any atom is -1.00 e. The van der Waals surface area contributed by atoms with Crippen LogP contribution in [0.3, 0.4) is 0 Å². The molecule has 0 atom stereocenters. The number of benzene rings is 2. The van der Waals surface area contributed by atoms with E-state index in [-0.39, 0.29) is 50.7 Å². The Balaban J connectivity index is 0. The first kappa shape index (κ1) is 21.2. The van der Waals surface area contributed by atoms with E-state index in [9.17, 15) is 0 Å². The van der Waals surface area contributed by atoms with Crippen molar-refractivity contribution in [3.05, 3.63) is 71.8 Å². The van der Waals surface area contributed by atoms with E-state index in [4.69, 9.17) is 0 Å². The van der Waals surface area contributed by atoms with E-state index >= 15 is 0 Å². The second-order valence-electron chi connectivity index (χ2n) is 4.18. The Bertz CT molecular complexity index is 362. The molecule has 0 aliphatic heterocycles. The van der Waals surface area contributed by atoms with Crippen molar-refractivity contribution in [1.82, 2.24) is 0 Å². The number of unbranched alkanes of at least 4 members (excludes halogenated alkanes) is 1. The second kappa shape index (κ2) is 12.9. The van der Waals surface area contributed by atoms with Gasteiger partial charge in [0.2, 0.25) is 0 Å². The maximum absolute atomic E-state index is 2.21. The average molecular weight is 460 g/mol. The minimum atomic E-state index is 0. The van der Waals surface area contributed by atoms with Gasteiger partial charge in [-0.05, 0) is 36.8 Å². The molecule has 0 spiro atoms. The first-order valence-electron chi connectivity index (χ1n) is 6.03. The summed E-state index contributed by atoms with van der Waals surface area (Å²) in [6, 6.07) is 21.5. The summed E-state index contributed by atoms with van der Waals surface area (Å²) in [5.74, 6) is 0. The Morgan fingerprint density at radius 1 is 0.526 bits per heavy atom. The molecule has 0 saturated carbocycles. The van der Waals surface area contributed by atoms with E-state index < -0.39 is 0 Å². The summed E-state index contributed by atoms with van der Waals surface area (Å²) >= 11 is 0. The third kappa shape index (κ3) is 8.62. The van der Waals surface area contributed by atoms with Gasteiger partial charge in [0.15, 0.2) is 0 Å². The van der Waals surface area contributed by atoms with Gasteiger partial charge in [0, 0.05) is 25.8 Å². The quantitative estimate of drug-likeness (QED) is 0.368. The Kier molecular flexibility index (Phi) is 14.4. The molecule has 102 valence electrons. The zero-order chi connectivity index (χ0) is 11.1. The minimum absolute atomic E-state index is 0. The second-order valence-corrected chi connectivity index (χ2v) is 4.18. The third-order valence-corrected chi connectivity index (χ3v) is 2.87. The summed E-state index contributed by atoms with van der Waals surface area (Å²) in [6.07, 6.45) is 4.96. The van der Waals surface area contributed by atoms with Gasteiger partial charge in [0.05, 0.1) is 0 Å². The Hall–Kier alpha value is -0.110. The molecule has 0 saturated heterocycles. The maximum Gasteiger partial charge on any atom is 0 e. The number of hydrogen-bond acceptors (Lipinski definition) is 0. The van der Waals surface area contributed by atoms with Gasteiger partial charge in [-0.2, -0.15) is 0 Å². The molecule has 3 heteroatoms. The van der Waals surface area contributed by atoms with E-state index in [1.807, 2.05) is 0 Å². The van der Waals surface area contributed by atoms with E-state index in [0.29, 0.717) is 0 Å². The molecule has 19 heavy (non-hydrogen) atoms. The summed E-state index contributed by atoms with van der Waals surface area (Å²) in [5, 5.41) is 0. The number of halogens is 2. The molecule has 0 unspecified atom stereocenters. The third-order valence-electron chi connectivity index (χ3n) is 2.87. The molecule has 0 aliphatic rings. The van der Waals surface area contributed by atoms with Crippen molar-refractivity contribution in [3.8, 4) is 0 Å². The molecule has 0 nitrogen and oxygen atoms in total. The van der Waals surface area contributed by atoms with E-state index in [1.165, 1.54) is 36.8 Å². The van der Waals surface area contributed by atoms with Crippen LogP contribution >= 0.6 is 0 Å². The smallest absolute Gasteiger partial charge is 0 e. The predicted molar refractivity (Wildman–Crippen MR) is 69.5 cm³/mol. The van der Waals surface area contributed by atoms with Gasteiger partial charge in [-0.25, -0.2) is 0 Å². The Labute approximate surface area is 147 Å². The number of hydrogen-bond donors (Lipinski definition) is 0. The van der Waals surface area contributed by atoms with Crippen LogP contribution in [0.15, 0.2) is 60.7 Å². The monoisotopic (exact) mass is 460 g/mol. The molecule has 2 aromatic carbocycles. The van der Waals surface area contributed by atoms with Crippen LogP contribution in [0.2, 0.25) is 0 Å². The van der Waals surface area contributed by atoms with Crippen molar-refractivity contribution < 1.29 is 50.7 Å². The van der Waals surface area contributed by atoms with Crippen molar-refractivity contribution in [1.29, 1.82) is 0 Å². The SMILES string of the molecule is [Cl-].[Cl-].[Hf].c1ccc(CCCCc2ccccc2)cc1. The molecule has 0 radical (unpaired) electrons. The molecule has 0 aromatic heterocycles. The molecule has 0 fully saturated rings. The van der Waals surface area contributed by atoms with Gasteiger partial charge >= 0.3 is 0 Å². The molecule has 0 amide bonds. The fourth-order valence-electron chi connectivity index (χ4n) is 1.95. The van der Waals surface area contributed by atoms with Crippen molar-refractivity contribution in [2.45, 2.75) is 25.7 Å². The van der Waals surface area contributed by atoms with Gasteiger partial charge in [-0.15, -0.1) is 0 Å². The average Bonchev–Trinajstić information content (AvgIpc) is 2.37. The summed E-state index contributed by atoms with van der Waals surface area (Å²) < 4.78 is 0.